The van der Waals surface area contributed by atoms with Crippen molar-refractivity contribution in [2.45, 2.75) is 40.7 Å². The average molecular weight is 434 g/mol. The zero-order valence-corrected chi connectivity index (χ0v) is 18.7. The van der Waals surface area contributed by atoms with Gasteiger partial charge in [0.1, 0.15) is 16.8 Å². The molecule has 0 saturated heterocycles. The maximum atomic E-state index is 12.7. The van der Waals surface area contributed by atoms with Crippen molar-refractivity contribution < 1.29 is 14.3 Å². The zero-order valence-electron chi connectivity index (χ0n) is 17.1. The van der Waals surface area contributed by atoms with Gasteiger partial charge in [0.25, 0.3) is 11.8 Å². The standard InChI is InChI=1S/C21H24ClN3O3S/c1-6-25(7-2)21(27)18-13(4)16(11-23)20(29-18)24-19(26)14(5)28-17-9-8-15(22)10-12(17)3/h8-10,14H,6-7H2,1-5H3,(H,24,26). The first kappa shape index (κ1) is 22.7. The van der Waals surface area contributed by atoms with Gasteiger partial charge in [-0.1, -0.05) is 11.6 Å². The van der Waals surface area contributed by atoms with E-state index in [1.165, 1.54) is 0 Å². The largest absolute Gasteiger partial charge is 0.481 e. The first-order valence-electron chi connectivity index (χ1n) is 9.29. The number of nitriles is 1. The number of hydrogen-bond donors (Lipinski definition) is 1. The number of rotatable bonds is 7. The van der Waals surface area contributed by atoms with Gasteiger partial charge in [0.15, 0.2) is 6.10 Å². The molecule has 1 heterocycles. The second-order valence-corrected chi connectivity index (χ2v) is 7.97. The molecule has 0 aliphatic carbocycles. The fourth-order valence-corrected chi connectivity index (χ4v) is 4.15. The summed E-state index contributed by atoms with van der Waals surface area (Å²) in [6, 6.07) is 7.24. The van der Waals surface area contributed by atoms with Crippen LogP contribution >= 0.6 is 22.9 Å². The van der Waals surface area contributed by atoms with Crippen molar-refractivity contribution >= 4 is 39.8 Å². The van der Waals surface area contributed by atoms with Gasteiger partial charge in [-0.3, -0.25) is 9.59 Å². The number of amides is 2. The van der Waals surface area contributed by atoms with Crippen LogP contribution in [0.4, 0.5) is 5.00 Å². The van der Waals surface area contributed by atoms with E-state index in [4.69, 9.17) is 16.3 Å². The summed E-state index contributed by atoms with van der Waals surface area (Å²) in [6.45, 7) is 10.1. The maximum absolute atomic E-state index is 12.7. The molecule has 1 aromatic heterocycles. The molecule has 0 aliphatic rings. The molecule has 0 radical (unpaired) electrons. The third-order valence-corrected chi connectivity index (χ3v) is 5.98. The Labute approximate surface area is 180 Å². The van der Waals surface area contributed by atoms with Crippen LogP contribution in [-0.4, -0.2) is 35.9 Å². The van der Waals surface area contributed by atoms with Crippen LogP contribution in [0.3, 0.4) is 0 Å². The number of anilines is 1. The summed E-state index contributed by atoms with van der Waals surface area (Å²) in [5.74, 6) is 0.00633. The Bertz CT molecular complexity index is 961. The van der Waals surface area contributed by atoms with Crippen molar-refractivity contribution in [3.63, 3.8) is 0 Å². The number of ether oxygens (including phenoxy) is 1. The summed E-state index contributed by atoms with van der Waals surface area (Å²) in [7, 11) is 0. The minimum Gasteiger partial charge on any atom is -0.481 e. The van der Waals surface area contributed by atoms with Crippen LogP contribution in [0.15, 0.2) is 18.2 Å². The molecule has 1 atom stereocenters. The third kappa shape index (κ3) is 5.08. The van der Waals surface area contributed by atoms with E-state index < -0.39 is 12.0 Å². The summed E-state index contributed by atoms with van der Waals surface area (Å²) >= 11 is 7.06. The van der Waals surface area contributed by atoms with Crippen molar-refractivity contribution in [3.05, 3.63) is 44.8 Å². The van der Waals surface area contributed by atoms with Gasteiger partial charge in [-0.15, -0.1) is 11.3 Å². The lowest BCUT2D eigenvalue weighted by Crippen LogP contribution is -2.30. The topological polar surface area (TPSA) is 82.4 Å². The highest BCUT2D eigenvalue weighted by Gasteiger charge is 2.25. The molecule has 8 heteroatoms. The first-order valence-corrected chi connectivity index (χ1v) is 10.5. The van der Waals surface area contributed by atoms with Gasteiger partial charge in [0.2, 0.25) is 0 Å². The summed E-state index contributed by atoms with van der Waals surface area (Å²) in [5, 5.41) is 13.2. The lowest BCUT2D eigenvalue weighted by Gasteiger charge is -2.18. The molecule has 1 N–H and O–H groups in total. The van der Waals surface area contributed by atoms with Crippen LogP contribution in [0.2, 0.25) is 5.02 Å². The summed E-state index contributed by atoms with van der Waals surface area (Å²) in [5.41, 5.74) is 1.69. The highest BCUT2D eigenvalue weighted by atomic mass is 35.5. The smallest absolute Gasteiger partial charge is 0.265 e. The van der Waals surface area contributed by atoms with Gasteiger partial charge in [-0.25, -0.2) is 0 Å². The van der Waals surface area contributed by atoms with E-state index >= 15 is 0 Å². The van der Waals surface area contributed by atoms with Crippen LogP contribution in [0.25, 0.3) is 0 Å². The summed E-state index contributed by atoms with van der Waals surface area (Å²) in [6.07, 6.45) is -0.800. The van der Waals surface area contributed by atoms with E-state index in [1.807, 2.05) is 20.8 Å². The van der Waals surface area contributed by atoms with E-state index in [1.54, 1.807) is 36.9 Å². The summed E-state index contributed by atoms with van der Waals surface area (Å²) in [4.78, 5) is 27.5. The predicted octanol–water partition coefficient (Wildman–Crippen LogP) is 4.78. The van der Waals surface area contributed by atoms with Crippen molar-refractivity contribution in [2.75, 3.05) is 18.4 Å². The minimum atomic E-state index is -0.800. The van der Waals surface area contributed by atoms with E-state index in [2.05, 4.69) is 11.4 Å². The van der Waals surface area contributed by atoms with E-state index in [-0.39, 0.29) is 5.91 Å². The van der Waals surface area contributed by atoms with Crippen molar-refractivity contribution in [3.8, 4) is 11.8 Å². The number of aryl methyl sites for hydroxylation is 1. The Morgan fingerprint density at radius 3 is 2.52 bits per heavy atom. The van der Waals surface area contributed by atoms with Crippen molar-refractivity contribution in [1.29, 1.82) is 5.26 Å². The number of benzene rings is 1. The monoisotopic (exact) mass is 433 g/mol. The predicted molar refractivity (Wildman–Crippen MR) is 116 cm³/mol. The Balaban J connectivity index is 2.22. The number of carbonyl (C=O) groups is 2. The van der Waals surface area contributed by atoms with Crippen LogP contribution in [0.5, 0.6) is 5.75 Å². The SMILES string of the molecule is CCN(CC)C(=O)c1sc(NC(=O)C(C)Oc2ccc(Cl)cc2C)c(C#N)c1C. The lowest BCUT2D eigenvalue weighted by atomic mass is 10.1. The van der Waals surface area contributed by atoms with Gasteiger partial charge < -0.3 is 15.0 Å². The minimum absolute atomic E-state index is 0.143. The molecular weight excluding hydrogens is 410 g/mol. The van der Waals surface area contributed by atoms with Gasteiger partial charge in [-0.05, 0) is 63.9 Å². The van der Waals surface area contributed by atoms with Gasteiger partial charge in [0, 0.05) is 18.1 Å². The van der Waals surface area contributed by atoms with Gasteiger partial charge in [-0.2, -0.15) is 5.26 Å². The summed E-state index contributed by atoms with van der Waals surface area (Å²) < 4.78 is 5.74. The average Bonchev–Trinajstić information content (AvgIpc) is 2.99. The Kier molecular flexibility index (Phi) is 7.66. The molecule has 6 nitrogen and oxygen atoms in total. The van der Waals surface area contributed by atoms with Crippen molar-refractivity contribution in [1.82, 2.24) is 4.90 Å². The highest BCUT2D eigenvalue weighted by molar-refractivity contribution is 7.18. The molecule has 0 bridgehead atoms. The van der Waals surface area contributed by atoms with E-state index in [9.17, 15) is 14.9 Å². The molecule has 2 amide bonds. The van der Waals surface area contributed by atoms with E-state index in [0.29, 0.717) is 44.9 Å². The van der Waals surface area contributed by atoms with Crippen LogP contribution in [0, 0.1) is 25.2 Å². The number of nitrogens with one attached hydrogen (secondary N) is 1. The van der Waals surface area contributed by atoms with Crippen LogP contribution < -0.4 is 10.1 Å². The fraction of sp³-hybridized carbons (Fsp3) is 0.381. The van der Waals surface area contributed by atoms with Gasteiger partial charge in [0.05, 0.1) is 10.4 Å². The Morgan fingerprint density at radius 1 is 1.31 bits per heavy atom. The number of thiophene rings is 1. The second kappa shape index (κ2) is 9.77. The fourth-order valence-electron chi connectivity index (χ4n) is 2.80. The van der Waals surface area contributed by atoms with Crippen LogP contribution in [-0.2, 0) is 4.79 Å². The Morgan fingerprint density at radius 2 is 1.97 bits per heavy atom. The molecule has 1 aromatic carbocycles. The molecule has 2 aromatic rings. The number of hydrogen-bond acceptors (Lipinski definition) is 5. The third-order valence-electron chi connectivity index (χ3n) is 4.55. The van der Waals surface area contributed by atoms with Crippen molar-refractivity contribution in [2.24, 2.45) is 0 Å². The first-order chi connectivity index (χ1) is 13.7. The number of carbonyl (C=O) groups excluding carboxylic acids is 2. The molecular formula is C21H24ClN3O3S. The molecule has 1 unspecified atom stereocenters. The van der Waals surface area contributed by atoms with Crippen LogP contribution in [0.1, 0.15) is 47.1 Å². The number of nitrogens with zero attached hydrogens (tertiary/aromatic N) is 2. The van der Waals surface area contributed by atoms with E-state index in [0.717, 1.165) is 16.9 Å². The number of halogens is 1. The quantitative estimate of drug-likeness (QED) is 0.681. The highest BCUT2D eigenvalue weighted by Crippen LogP contribution is 2.33. The molecule has 0 saturated carbocycles. The normalized spacial score (nSPS) is 11.5. The van der Waals surface area contributed by atoms with Gasteiger partial charge >= 0.3 is 0 Å². The lowest BCUT2D eigenvalue weighted by molar-refractivity contribution is -0.122. The zero-order chi connectivity index (χ0) is 21.7. The second-order valence-electron chi connectivity index (χ2n) is 6.51. The molecule has 0 spiro atoms. The maximum Gasteiger partial charge on any atom is 0.265 e. The molecule has 0 aliphatic heterocycles. The molecule has 0 fully saturated rings. The Hall–Kier alpha value is -2.56. The molecule has 29 heavy (non-hydrogen) atoms. The molecule has 2 rings (SSSR count). The molecule has 154 valence electrons.